The summed E-state index contributed by atoms with van der Waals surface area (Å²) in [7, 11) is 0. The Bertz CT molecular complexity index is 886. The number of hydrogen-bond donors (Lipinski definition) is 0. The molecule has 1 fully saturated rings. The summed E-state index contributed by atoms with van der Waals surface area (Å²) in [6, 6.07) is 6.43. The number of allylic oxidation sites excluding steroid dienone is 1. The lowest BCUT2D eigenvalue weighted by Gasteiger charge is -2.29. The van der Waals surface area contributed by atoms with Crippen molar-refractivity contribution in [2.24, 2.45) is 10.9 Å². The van der Waals surface area contributed by atoms with E-state index in [4.69, 9.17) is 0 Å². The van der Waals surface area contributed by atoms with Gasteiger partial charge in [-0.25, -0.2) is 13.2 Å². The van der Waals surface area contributed by atoms with Gasteiger partial charge < -0.3 is 0 Å². The van der Waals surface area contributed by atoms with Crippen molar-refractivity contribution >= 4 is 12.4 Å². The second-order valence-corrected chi connectivity index (χ2v) is 7.47. The van der Waals surface area contributed by atoms with Crippen LogP contribution in [0.3, 0.4) is 0 Å². The van der Waals surface area contributed by atoms with Crippen LogP contribution in [0.4, 0.5) is 27.6 Å². The van der Waals surface area contributed by atoms with Gasteiger partial charge in [-0.1, -0.05) is 6.07 Å². The average molecular weight is 407 g/mol. The number of halogens is 5. The minimum atomic E-state index is -1.65. The van der Waals surface area contributed by atoms with Crippen LogP contribution in [0.25, 0.3) is 11.1 Å². The predicted octanol–water partition coefficient (Wildman–Crippen LogP) is 7.94. The van der Waals surface area contributed by atoms with Gasteiger partial charge in [0.1, 0.15) is 17.5 Å². The number of nitrogens with zero attached hydrogens (tertiary/aromatic N) is 1. The Hall–Kier alpha value is -2.50. The molecule has 0 aromatic heterocycles. The maximum Gasteiger partial charge on any atom is 0.266 e. The summed E-state index contributed by atoms with van der Waals surface area (Å²) in [6.07, 6.45) is 3.56. The topological polar surface area (TPSA) is 12.4 Å². The fourth-order valence-corrected chi connectivity index (χ4v) is 4.11. The monoisotopic (exact) mass is 407 g/mol. The van der Waals surface area contributed by atoms with Crippen LogP contribution in [0.2, 0.25) is 0 Å². The van der Waals surface area contributed by atoms with Crippen LogP contribution in [0, 0.1) is 23.4 Å². The molecule has 0 saturated heterocycles. The third-order valence-corrected chi connectivity index (χ3v) is 5.66. The quantitative estimate of drug-likeness (QED) is 0.340. The molecule has 1 nitrogen and oxygen atoms in total. The summed E-state index contributed by atoms with van der Waals surface area (Å²) in [5.41, 5.74) is 0.444. The van der Waals surface area contributed by atoms with Gasteiger partial charge in [-0.3, -0.25) is 4.99 Å². The lowest BCUT2D eigenvalue weighted by atomic mass is 9.77. The van der Waals surface area contributed by atoms with Crippen LogP contribution in [0.5, 0.6) is 0 Å². The highest BCUT2D eigenvalue weighted by Gasteiger charge is 2.24. The van der Waals surface area contributed by atoms with Crippen LogP contribution in [0.1, 0.15) is 50.0 Å². The van der Waals surface area contributed by atoms with Crippen LogP contribution in [-0.2, 0) is 0 Å². The predicted molar refractivity (Wildman–Crippen MR) is 105 cm³/mol. The minimum Gasteiger partial charge on any atom is -0.262 e. The van der Waals surface area contributed by atoms with Crippen LogP contribution < -0.4 is 0 Å². The molecular formula is C23H22F5N. The van der Waals surface area contributed by atoms with Crippen LogP contribution in [0.15, 0.2) is 47.5 Å². The van der Waals surface area contributed by atoms with Crippen molar-refractivity contribution in [3.63, 3.8) is 0 Å². The summed E-state index contributed by atoms with van der Waals surface area (Å²) in [6.45, 7) is 3.25. The SMILES string of the molecule is C=Nc1ccc(-c2c(F)cc(C3CCC(CCC=C(F)F)CC3)cc2F)cc1F. The van der Waals surface area contributed by atoms with E-state index in [9.17, 15) is 22.0 Å². The standard InChI is InChI=1S/C23H22F5N/c1-29-21-10-9-16(11-18(21)24)23-19(25)12-17(13-20(23)26)15-7-5-14(6-8-15)3-2-4-22(27)28/h4,9-15H,1-3,5-8H2. The molecule has 1 aliphatic rings. The van der Waals surface area contributed by atoms with Crippen molar-refractivity contribution in [2.75, 3.05) is 0 Å². The Morgan fingerprint density at radius 2 is 1.62 bits per heavy atom. The number of benzene rings is 2. The fourth-order valence-electron chi connectivity index (χ4n) is 4.11. The van der Waals surface area contributed by atoms with E-state index in [1.807, 2.05) is 0 Å². The molecule has 1 aliphatic carbocycles. The fraction of sp³-hybridized carbons (Fsp3) is 0.348. The molecule has 0 heterocycles. The maximum absolute atomic E-state index is 14.7. The van der Waals surface area contributed by atoms with Crippen molar-refractivity contribution in [3.05, 3.63) is 65.5 Å². The molecule has 1 saturated carbocycles. The number of rotatable bonds is 6. The Labute approximate surface area is 167 Å². The second kappa shape index (κ2) is 9.33. The van der Waals surface area contributed by atoms with Gasteiger partial charge in [-0.2, -0.15) is 8.78 Å². The lowest BCUT2D eigenvalue weighted by Crippen LogP contribution is -2.14. The van der Waals surface area contributed by atoms with Gasteiger partial charge in [-0.15, -0.1) is 0 Å². The summed E-state index contributed by atoms with van der Waals surface area (Å²) >= 11 is 0. The van der Waals surface area contributed by atoms with Crippen molar-refractivity contribution < 1.29 is 22.0 Å². The van der Waals surface area contributed by atoms with E-state index in [2.05, 4.69) is 11.7 Å². The van der Waals surface area contributed by atoms with E-state index in [1.54, 1.807) is 0 Å². The third kappa shape index (κ3) is 5.11. The first-order chi connectivity index (χ1) is 13.9. The summed E-state index contributed by atoms with van der Waals surface area (Å²) in [4.78, 5) is 3.51. The molecule has 3 rings (SSSR count). The second-order valence-electron chi connectivity index (χ2n) is 7.47. The van der Waals surface area contributed by atoms with Crippen LogP contribution >= 0.6 is 0 Å². The molecule has 0 N–H and O–H groups in total. The van der Waals surface area contributed by atoms with Gasteiger partial charge in [0, 0.05) is 0 Å². The first kappa shape index (κ1) is 21.2. The van der Waals surface area contributed by atoms with Gasteiger partial charge in [0.25, 0.3) is 6.08 Å². The Kier molecular flexibility index (Phi) is 6.83. The average Bonchev–Trinajstić information content (AvgIpc) is 2.68. The summed E-state index contributed by atoms with van der Waals surface area (Å²) in [5, 5.41) is 0. The smallest absolute Gasteiger partial charge is 0.262 e. The normalized spacial score (nSPS) is 19.1. The van der Waals surface area contributed by atoms with Crippen molar-refractivity contribution in [3.8, 4) is 11.1 Å². The Morgan fingerprint density at radius 3 is 2.17 bits per heavy atom. The molecule has 0 radical (unpaired) electrons. The van der Waals surface area contributed by atoms with Crippen molar-refractivity contribution in [1.82, 2.24) is 0 Å². The first-order valence-corrected chi connectivity index (χ1v) is 9.65. The van der Waals surface area contributed by atoms with E-state index >= 15 is 0 Å². The Balaban J connectivity index is 1.72. The molecule has 29 heavy (non-hydrogen) atoms. The lowest BCUT2D eigenvalue weighted by molar-refractivity contribution is 0.309. The molecule has 0 bridgehead atoms. The van der Waals surface area contributed by atoms with E-state index < -0.39 is 23.5 Å². The van der Waals surface area contributed by atoms with Gasteiger partial charge in [0.15, 0.2) is 0 Å². The molecular weight excluding hydrogens is 385 g/mol. The van der Waals surface area contributed by atoms with E-state index in [0.29, 0.717) is 24.3 Å². The number of aliphatic imine (C=N–C) groups is 1. The number of hydrogen-bond acceptors (Lipinski definition) is 1. The molecule has 0 atom stereocenters. The van der Waals surface area contributed by atoms with Crippen molar-refractivity contribution in [2.45, 2.75) is 44.4 Å². The minimum absolute atomic E-state index is 0.0210. The highest BCUT2D eigenvalue weighted by Crippen LogP contribution is 2.40. The first-order valence-electron chi connectivity index (χ1n) is 9.65. The van der Waals surface area contributed by atoms with E-state index in [-0.39, 0.29) is 22.7 Å². The zero-order valence-electron chi connectivity index (χ0n) is 15.9. The molecule has 0 aliphatic heterocycles. The molecule has 0 amide bonds. The Morgan fingerprint density at radius 1 is 0.966 bits per heavy atom. The third-order valence-electron chi connectivity index (χ3n) is 5.66. The highest BCUT2D eigenvalue weighted by atomic mass is 19.3. The molecule has 6 heteroatoms. The van der Waals surface area contributed by atoms with Gasteiger partial charge in [0.2, 0.25) is 0 Å². The molecule has 0 unspecified atom stereocenters. The zero-order valence-corrected chi connectivity index (χ0v) is 15.9. The van der Waals surface area contributed by atoms with Gasteiger partial charge in [-0.05, 0) is 98.5 Å². The highest BCUT2D eigenvalue weighted by molar-refractivity contribution is 5.68. The molecule has 2 aromatic rings. The van der Waals surface area contributed by atoms with Gasteiger partial charge in [0.05, 0.1) is 11.3 Å². The van der Waals surface area contributed by atoms with E-state index in [0.717, 1.165) is 37.8 Å². The largest absolute Gasteiger partial charge is 0.266 e. The molecule has 0 spiro atoms. The maximum atomic E-state index is 14.7. The van der Waals surface area contributed by atoms with Gasteiger partial charge >= 0.3 is 0 Å². The van der Waals surface area contributed by atoms with Crippen LogP contribution in [-0.4, -0.2) is 6.72 Å². The summed E-state index contributed by atoms with van der Waals surface area (Å²) in [5.74, 6) is -1.77. The molecule has 154 valence electrons. The molecule has 2 aromatic carbocycles. The van der Waals surface area contributed by atoms with Crippen molar-refractivity contribution in [1.29, 1.82) is 0 Å². The summed E-state index contributed by atoms with van der Waals surface area (Å²) < 4.78 is 67.6. The van der Waals surface area contributed by atoms with E-state index in [1.165, 1.54) is 24.3 Å². The zero-order chi connectivity index (χ0) is 21.0.